The number of alkyl carbamates (subject to hydrolysis) is 1. The third kappa shape index (κ3) is 8.21. The Morgan fingerprint density at radius 1 is 1.00 bits per heavy atom. The van der Waals surface area contributed by atoms with Gasteiger partial charge < -0.3 is 14.8 Å². The van der Waals surface area contributed by atoms with Crippen LogP contribution in [-0.4, -0.2) is 30.3 Å². The number of esters is 1. The molecule has 0 aromatic heterocycles. The molecule has 2 rings (SSSR count). The van der Waals surface area contributed by atoms with Crippen LogP contribution in [0.15, 0.2) is 66.7 Å². The molecule has 0 fully saturated rings. The highest BCUT2D eigenvalue weighted by Crippen LogP contribution is 2.20. The molecule has 1 N–H and O–H groups in total. The van der Waals surface area contributed by atoms with Gasteiger partial charge in [-0.15, -0.1) is 0 Å². The lowest BCUT2D eigenvalue weighted by molar-refractivity contribution is -0.137. The summed E-state index contributed by atoms with van der Waals surface area (Å²) in [6, 6.07) is 17.8. The number of hydrogen-bond acceptors (Lipinski definition) is 4. The lowest BCUT2D eigenvalue weighted by Crippen LogP contribution is -2.39. The van der Waals surface area contributed by atoms with Crippen LogP contribution in [0.5, 0.6) is 0 Å². The monoisotopic (exact) mass is 395 g/mol. The molecule has 154 valence electrons. The Hall–Kier alpha value is -3.08. The molecule has 0 spiro atoms. The zero-order valence-electron chi connectivity index (χ0n) is 17.5. The first-order chi connectivity index (χ1) is 13.8. The van der Waals surface area contributed by atoms with Crippen LogP contribution in [0.25, 0.3) is 11.1 Å². The Balaban J connectivity index is 2.11. The summed E-state index contributed by atoms with van der Waals surface area (Å²) < 4.78 is 10.3. The topological polar surface area (TPSA) is 64.6 Å². The maximum Gasteiger partial charge on any atom is 0.408 e. The number of hydrogen-bond donors (Lipinski definition) is 1. The number of carbonyl (C=O) groups is 2. The molecule has 1 amide bonds. The van der Waals surface area contributed by atoms with Gasteiger partial charge in [-0.3, -0.25) is 0 Å². The number of amides is 1. The average Bonchev–Trinajstić information content (AvgIpc) is 2.66. The van der Waals surface area contributed by atoms with Crippen molar-refractivity contribution in [3.63, 3.8) is 0 Å². The summed E-state index contributed by atoms with van der Waals surface area (Å²) in [4.78, 5) is 23.8. The summed E-state index contributed by atoms with van der Waals surface area (Å²) in [6.07, 6.45) is 2.96. The fourth-order valence-electron chi connectivity index (χ4n) is 2.73. The van der Waals surface area contributed by atoms with Gasteiger partial charge in [0.15, 0.2) is 0 Å². The molecule has 2 aromatic carbocycles. The Bertz CT molecular complexity index is 820. The molecular weight excluding hydrogens is 366 g/mol. The Morgan fingerprint density at radius 3 is 2.21 bits per heavy atom. The van der Waals surface area contributed by atoms with E-state index in [1.807, 2.05) is 42.5 Å². The van der Waals surface area contributed by atoms with E-state index < -0.39 is 23.7 Å². The molecule has 1 atom stereocenters. The highest BCUT2D eigenvalue weighted by atomic mass is 16.6. The smallest absolute Gasteiger partial charge is 0.408 e. The molecule has 5 heteroatoms. The second-order valence-corrected chi connectivity index (χ2v) is 7.63. The van der Waals surface area contributed by atoms with Gasteiger partial charge in [-0.25, -0.2) is 9.59 Å². The zero-order valence-corrected chi connectivity index (χ0v) is 17.5. The van der Waals surface area contributed by atoms with Crippen LogP contribution >= 0.6 is 0 Å². The van der Waals surface area contributed by atoms with Crippen molar-refractivity contribution in [2.75, 3.05) is 6.61 Å². The fraction of sp³-hybridized carbons (Fsp3) is 0.333. The van der Waals surface area contributed by atoms with E-state index in [0.29, 0.717) is 13.0 Å². The van der Waals surface area contributed by atoms with Crippen molar-refractivity contribution in [2.24, 2.45) is 0 Å². The first-order valence-corrected chi connectivity index (χ1v) is 9.75. The molecule has 0 radical (unpaired) electrons. The van der Waals surface area contributed by atoms with Crippen molar-refractivity contribution < 1.29 is 19.1 Å². The highest BCUT2D eigenvalue weighted by molar-refractivity contribution is 5.82. The minimum atomic E-state index is -0.600. The summed E-state index contributed by atoms with van der Waals surface area (Å²) in [5, 5.41) is 2.81. The van der Waals surface area contributed by atoms with Gasteiger partial charge in [0, 0.05) is 6.08 Å². The summed E-state index contributed by atoms with van der Waals surface area (Å²) in [7, 11) is 0. The minimum absolute atomic E-state index is 0.300. The Labute approximate surface area is 172 Å². The van der Waals surface area contributed by atoms with E-state index in [0.717, 1.165) is 16.7 Å². The third-order valence-electron chi connectivity index (χ3n) is 3.97. The van der Waals surface area contributed by atoms with Crippen LogP contribution < -0.4 is 5.32 Å². The van der Waals surface area contributed by atoms with Gasteiger partial charge in [0.25, 0.3) is 0 Å². The van der Waals surface area contributed by atoms with Crippen LogP contribution in [0.4, 0.5) is 4.79 Å². The van der Waals surface area contributed by atoms with Crippen molar-refractivity contribution >= 4 is 12.1 Å². The fourth-order valence-corrected chi connectivity index (χ4v) is 2.73. The minimum Gasteiger partial charge on any atom is -0.463 e. The molecule has 0 aliphatic carbocycles. The standard InChI is InChI=1S/C24H29NO4/c1-5-28-22(26)16-15-21(25-23(27)29-24(2,3)4)17-18-11-13-20(14-12-18)19-9-7-6-8-10-19/h6-16,21H,5,17H2,1-4H3,(H,25,27)/t21-/m0/s1. The molecule has 0 unspecified atom stereocenters. The van der Waals surface area contributed by atoms with Crippen molar-refractivity contribution in [2.45, 2.75) is 45.8 Å². The molecular formula is C24H29NO4. The van der Waals surface area contributed by atoms with E-state index in [1.54, 1.807) is 33.8 Å². The molecule has 0 bridgehead atoms. The maximum atomic E-state index is 12.2. The number of nitrogens with one attached hydrogen (secondary N) is 1. The van der Waals surface area contributed by atoms with Crippen molar-refractivity contribution in [3.8, 4) is 11.1 Å². The van der Waals surface area contributed by atoms with Gasteiger partial charge in [-0.1, -0.05) is 60.7 Å². The van der Waals surface area contributed by atoms with Crippen LogP contribution in [0, 0.1) is 0 Å². The van der Waals surface area contributed by atoms with Crippen LogP contribution in [-0.2, 0) is 20.7 Å². The predicted molar refractivity (Wildman–Crippen MR) is 115 cm³/mol. The molecule has 29 heavy (non-hydrogen) atoms. The largest absolute Gasteiger partial charge is 0.463 e. The Morgan fingerprint density at radius 2 is 1.62 bits per heavy atom. The first kappa shape index (κ1) is 22.2. The van der Waals surface area contributed by atoms with Gasteiger partial charge in [0.2, 0.25) is 0 Å². The Kier molecular flexibility index (Phi) is 8.01. The molecule has 5 nitrogen and oxygen atoms in total. The van der Waals surface area contributed by atoms with Gasteiger partial charge >= 0.3 is 12.1 Å². The molecule has 0 aliphatic heterocycles. The zero-order chi connectivity index (χ0) is 21.3. The number of ether oxygens (including phenoxy) is 2. The molecule has 0 aliphatic rings. The summed E-state index contributed by atoms with van der Waals surface area (Å²) in [5.41, 5.74) is 2.69. The average molecular weight is 395 g/mol. The molecule has 0 heterocycles. The highest BCUT2D eigenvalue weighted by Gasteiger charge is 2.19. The van der Waals surface area contributed by atoms with Gasteiger partial charge in [0.05, 0.1) is 12.6 Å². The number of benzene rings is 2. The van der Waals surface area contributed by atoms with Crippen molar-refractivity contribution in [3.05, 3.63) is 72.3 Å². The van der Waals surface area contributed by atoms with E-state index in [9.17, 15) is 9.59 Å². The number of rotatable bonds is 7. The van der Waals surface area contributed by atoms with Crippen molar-refractivity contribution in [1.29, 1.82) is 0 Å². The normalized spacial score (nSPS) is 12.4. The SMILES string of the molecule is CCOC(=O)C=C[C@@H](Cc1ccc(-c2ccccc2)cc1)NC(=O)OC(C)(C)C. The van der Waals surface area contributed by atoms with Gasteiger partial charge in [-0.05, 0) is 50.8 Å². The lowest BCUT2D eigenvalue weighted by Gasteiger charge is -2.22. The van der Waals surface area contributed by atoms with Crippen LogP contribution in [0.1, 0.15) is 33.3 Å². The summed E-state index contributed by atoms with van der Waals surface area (Å²) in [5.74, 6) is -0.442. The summed E-state index contributed by atoms with van der Waals surface area (Å²) in [6.45, 7) is 7.46. The van der Waals surface area contributed by atoms with E-state index in [2.05, 4.69) is 17.4 Å². The lowest BCUT2D eigenvalue weighted by atomic mass is 10.0. The maximum absolute atomic E-state index is 12.2. The molecule has 0 saturated carbocycles. The molecule has 2 aromatic rings. The quantitative estimate of drug-likeness (QED) is 0.534. The van der Waals surface area contributed by atoms with Crippen molar-refractivity contribution in [1.82, 2.24) is 5.32 Å². The van der Waals surface area contributed by atoms with Crippen LogP contribution in [0.2, 0.25) is 0 Å². The van der Waals surface area contributed by atoms with Gasteiger partial charge in [-0.2, -0.15) is 0 Å². The first-order valence-electron chi connectivity index (χ1n) is 9.75. The van der Waals surface area contributed by atoms with E-state index in [1.165, 1.54) is 6.08 Å². The second-order valence-electron chi connectivity index (χ2n) is 7.63. The van der Waals surface area contributed by atoms with E-state index in [4.69, 9.17) is 9.47 Å². The van der Waals surface area contributed by atoms with E-state index >= 15 is 0 Å². The molecule has 0 saturated heterocycles. The summed E-state index contributed by atoms with van der Waals surface area (Å²) >= 11 is 0. The predicted octanol–water partition coefficient (Wildman–Crippen LogP) is 4.91. The number of carbonyl (C=O) groups excluding carboxylic acids is 2. The second kappa shape index (κ2) is 10.5. The van der Waals surface area contributed by atoms with Crippen LogP contribution in [0.3, 0.4) is 0 Å². The third-order valence-corrected chi connectivity index (χ3v) is 3.97. The van der Waals surface area contributed by atoms with E-state index in [-0.39, 0.29) is 0 Å². The van der Waals surface area contributed by atoms with Gasteiger partial charge in [0.1, 0.15) is 5.60 Å².